The van der Waals surface area contributed by atoms with E-state index in [1.165, 1.54) is 0 Å². The molecule has 0 spiro atoms. The van der Waals surface area contributed by atoms with Crippen molar-refractivity contribution in [3.05, 3.63) is 59.9 Å². The highest BCUT2D eigenvalue weighted by atomic mass is 16.5. The molecule has 0 aliphatic heterocycles. The Morgan fingerprint density at radius 3 is 2.63 bits per heavy atom. The molecule has 0 radical (unpaired) electrons. The monoisotopic (exact) mass is 255 g/mol. The molecule has 0 saturated heterocycles. The summed E-state index contributed by atoms with van der Waals surface area (Å²) in [6.45, 7) is 4.32. The quantitative estimate of drug-likeness (QED) is 0.768. The van der Waals surface area contributed by atoms with Gasteiger partial charge < -0.3 is 4.74 Å². The summed E-state index contributed by atoms with van der Waals surface area (Å²) in [5.41, 5.74) is 1.39. The number of Topliss-reactive ketones (excluding diaryl/α,β-unsaturated/α-hetero) is 1. The van der Waals surface area contributed by atoms with E-state index in [0.717, 1.165) is 5.69 Å². The van der Waals surface area contributed by atoms with Gasteiger partial charge in [0, 0.05) is 6.20 Å². The fraction of sp³-hybridized carbons (Fsp3) is 0.250. The van der Waals surface area contributed by atoms with Gasteiger partial charge in [-0.1, -0.05) is 18.2 Å². The molecular formula is C16H17NO2. The maximum absolute atomic E-state index is 12.5. The Kier molecular flexibility index (Phi) is 4.29. The molecule has 98 valence electrons. The van der Waals surface area contributed by atoms with Gasteiger partial charge >= 0.3 is 0 Å². The fourth-order valence-corrected chi connectivity index (χ4v) is 1.95. The maximum atomic E-state index is 12.5. The molecular weight excluding hydrogens is 238 g/mol. The Morgan fingerprint density at radius 2 is 1.95 bits per heavy atom. The topological polar surface area (TPSA) is 39.2 Å². The molecule has 1 unspecified atom stereocenters. The Balaban J connectivity index is 2.29. The molecule has 0 aliphatic rings. The lowest BCUT2D eigenvalue weighted by atomic mass is 9.95. The molecule has 0 bridgehead atoms. The Morgan fingerprint density at radius 1 is 1.21 bits per heavy atom. The van der Waals surface area contributed by atoms with E-state index in [2.05, 4.69) is 4.98 Å². The molecule has 2 rings (SSSR count). The van der Waals surface area contributed by atoms with Crippen LogP contribution in [0.25, 0.3) is 0 Å². The van der Waals surface area contributed by atoms with Gasteiger partial charge in [0.05, 0.1) is 23.8 Å². The molecule has 2 aromatic rings. The number of carbonyl (C=O) groups excluding carboxylic acids is 1. The van der Waals surface area contributed by atoms with Crippen molar-refractivity contribution in [2.24, 2.45) is 0 Å². The average molecular weight is 255 g/mol. The Bertz CT molecular complexity index is 552. The largest absolute Gasteiger partial charge is 0.493 e. The van der Waals surface area contributed by atoms with Crippen LogP contribution in [0, 0.1) is 0 Å². The Labute approximate surface area is 113 Å². The number of aromatic nitrogens is 1. The van der Waals surface area contributed by atoms with E-state index in [9.17, 15) is 4.79 Å². The first kappa shape index (κ1) is 13.3. The van der Waals surface area contributed by atoms with Gasteiger partial charge in [-0.15, -0.1) is 0 Å². The van der Waals surface area contributed by atoms with E-state index in [-0.39, 0.29) is 11.7 Å². The van der Waals surface area contributed by atoms with Crippen molar-refractivity contribution in [2.45, 2.75) is 19.8 Å². The number of carbonyl (C=O) groups is 1. The highest BCUT2D eigenvalue weighted by Gasteiger charge is 2.21. The van der Waals surface area contributed by atoms with Crippen molar-refractivity contribution < 1.29 is 9.53 Å². The predicted molar refractivity (Wildman–Crippen MR) is 74.6 cm³/mol. The molecule has 0 fully saturated rings. The van der Waals surface area contributed by atoms with Crippen LogP contribution in [0.5, 0.6) is 5.75 Å². The van der Waals surface area contributed by atoms with E-state index < -0.39 is 0 Å². The number of nitrogens with zero attached hydrogens (tertiary/aromatic N) is 1. The van der Waals surface area contributed by atoms with Crippen molar-refractivity contribution in [2.75, 3.05) is 6.61 Å². The van der Waals surface area contributed by atoms with Crippen LogP contribution in [0.4, 0.5) is 0 Å². The highest BCUT2D eigenvalue weighted by molar-refractivity contribution is 6.02. The van der Waals surface area contributed by atoms with Crippen LogP contribution in [0.1, 0.15) is 35.8 Å². The van der Waals surface area contributed by atoms with Crippen LogP contribution in [0.15, 0.2) is 48.7 Å². The number of pyridine rings is 1. The number of benzene rings is 1. The maximum Gasteiger partial charge on any atom is 0.175 e. The van der Waals surface area contributed by atoms with Gasteiger partial charge in [-0.25, -0.2) is 0 Å². The number of para-hydroxylation sites is 1. The van der Waals surface area contributed by atoms with E-state index in [1.807, 2.05) is 50.2 Å². The third-order valence-electron chi connectivity index (χ3n) is 2.98. The highest BCUT2D eigenvalue weighted by Crippen LogP contribution is 2.25. The molecule has 3 nitrogen and oxygen atoms in total. The van der Waals surface area contributed by atoms with E-state index >= 15 is 0 Å². The van der Waals surface area contributed by atoms with Crippen LogP contribution < -0.4 is 4.74 Å². The Hall–Kier alpha value is -2.16. The predicted octanol–water partition coefficient (Wildman–Crippen LogP) is 3.47. The molecule has 1 aromatic heterocycles. The fourth-order valence-electron chi connectivity index (χ4n) is 1.95. The smallest absolute Gasteiger partial charge is 0.175 e. The third kappa shape index (κ3) is 2.99. The van der Waals surface area contributed by atoms with Gasteiger partial charge in [0.2, 0.25) is 0 Å². The van der Waals surface area contributed by atoms with Gasteiger partial charge in [0.25, 0.3) is 0 Å². The molecule has 1 atom stereocenters. The number of rotatable bonds is 5. The van der Waals surface area contributed by atoms with Gasteiger partial charge in [0.15, 0.2) is 5.78 Å². The lowest BCUT2D eigenvalue weighted by molar-refractivity contribution is 0.0961. The summed E-state index contributed by atoms with van der Waals surface area (Å²) in [5, 5.41) is 0. The summed E-state index contributed by atoms with van der Waals surface area (Å²) < 4.78 is 5.50. The minimum Gasteiger partial charge on any atom is -0.493 e. The first-order chi connectivity index (χ1) is 9.24. The number of hydrogen-bond donors (Lipinski definition) is 0. The number of ether oxygens (including phenoxy) is 1. The van der Waals surface area contributed by atoms with Crippen LogP contribution in [-0.2, 0) is 0 Å². The number of hydrogen-bond acceptors (Lipinski definition) is 3. The molecule has 0 amide bonds. The lowest BCUT2D eigenvalue weighted by Crippen LogP contribution is -2.12. The second-order valence-electron chi connectivity index (χ2n) is 4.27. The SMILES string of the molecule is CCOc1ccccc1C(=O)C(C)c1ccccn1. The zero-order valence-electron chi connectivity index (χ0n) is 11.2. The normalized spacial score (nSPS) is 11.9. The summed E-state index contributed by atoms with van der Waals surface area (Å²) in [6.07, 6.45) is 1.70. The number of ketones is 1. The summed E-state index contributed by atoms with van der Waals surface area (Å²) >= 11 is 0. The first-order valence-electron chi connectivity index (χ1n) is 6.41. The van der Waals surface area contributed by atoms with Crippen LogP contribution in [0.2, 0.25) is 0 Å². The van der Waals surface area contributed by atoms with Gasteiger partial charge in [0.1, 0.15) is 5.75 Å². The molecule has 0 aliphatic carbocycles. The minimum absolute atomic E-state index is 0.0303. The second-order valence-corrected chi connectivity index (χ2v) is 4.27. The van der Waals surface area contributed by atoms with Crippen molar-refractivity contribution in [3.63, 3.8) is 0 Å². The van der Waals surface area contributed by atoms with Crippen molar-refractivity contribution in [3.8, 4) is 5.75 Å². The van der Waals surface area contributed by atoms with E-state index in [1.54, 1.807) is 12.3 Å². The van der Waals surface area contributed by atoms with E-state index in [4.69, 9.17) is 4.74 Å². The van der Waals surface area contributed by atoms with Crippen molar-refractivity contribution in [1.82, 2.24) is 4.98 Å². The molecule has 3 heteroatoms. The first-order valence-corrected chi connectivity index (χ1v) is 6.41. The zero-order valence-corrected chi connectivity index (χ0v) is 11.2. The van der Waals surface area contributed by atoms with Gasteiger partial charge in [-0.3, -0.25) is 9.78 Å². The minimum atomic E-state index is -0.275. The summed E-state index contributed by atoms with van der Waals surface area (Å²) in [4.78, 5) is 16.8. The van der Waals surface area contributed by atoms with Crippen molar-refractivity contribution in [1.29, 1.82) is 0 Å². The average Bonchev–Trinajstić information content (AvgIpc) is 2.47. The summed E-state index contributed by atoms with van der Waals surface area (Å²) in [7, 11) is 0. The molecule has 1 heterocycles. The summed E-state index contributed by atoms with van der Waals surface area (Å²) in [5.74, 6) is 0.392. The van der Waals surface area contributed by atoms with Gasteiger partial charge in [-0.05, 0) is 38.1 Å². The third-order valence-corrected chi connectivity index (χ3v) is 2.98. The standard InChI is InChI=1S/C16H17NO2/c1-3-19-15-10-5-4-8-13(15)16(18)12(2)14-9-6-7-11-17-14/h4-12H,3H2,1-2H3. The molecule has 0 saturated carbocycles. The lowest BCUT2D eigenvalue weighted by Gasteiger charge is -2.13. The summed E-state index contributed by atoms with van der Waals surface area (Å²) in [6, 6.07) is 12.9. The molecule has 0 N–H and O–H groups in total. The van der Waals surface area contributed by atoms with Crippen LogP contribution >= 0.6 is 0 Å². The zero-order chi connectivity index (χ0) is 13.7. The van der Waals surface area contributed by atoms with Crippen LogP contribution in [-0.4, -0.2) is 17.4 Å². The van der Waals surface area contributed by atoms with Gasteiger partial charge in [-0.2, -0.15) is 0 Å². The van der Waals surface area contributed by atoms with Crippen molar-refractivity contribution >= 4 is 5.78 Å². The van der Waals surface area contributed by atoms with Crippen LogP contribution in [0.3, 0.4) is 0 Å². The van der Waals surface area contributed by atoms with E-state index in [0.29, 0.717) is 17.9 Å². The second kappa shape index (κ2) is 6.14. The molecule has 19 heavy (non-hydrogen) atoms. The molecule has 1 aromatic carbocycles.